The van der Waals surface area contributed by atoms with E-state index in [-0.39, 0.29) is 0 Å². The van der Waals surface area contributed by atoms with Gasteiger partial charge in [0.25, 0.3) is 0 Å². The Morgan fingerprint density at radius 1 is 1.19 bits per heavy atom. The van der Waals surface area contributed by atoms with Crippen molar-refractivity contribution < 1.29 is 9.32 Å². The standard InChI is InChI=1S/C22H23N7O2S/c1-29-11-8-13(27-29)17-15-19(26-25-17)23-20(24-21(15)32-2)16-12-6-5-10-22(18(12)31-28-16)9-4-3-7-14(22)30/h8,11H,3-7,9-10H2,1-2H3,(H,23,24,25,26)/t22-/m1/s1. The van der Waals surface area contributed by atoms with Crippen LogP contribution in [0.4, 0.5) is 0 Å². The molecule has 4 heterocycles. The molecule has 0 unspecified atom stereocenters. The summed E-state index contributed by atoms with van der Waals surface area (Å²) >= 11 is 1.53. The van der Waals surface area contributed by atoms with Crippen LogP contribution in [0, 0.1) is 0 Å². The average molecular weight is 450 g/mol. The van der Waals surface area contributed by atoms with Crippen molar-refractivity contribution >= 4 is 28.6 Å². The molecule has 1 saturated carbocycles. The number of aromatic nitrogens is 7. The molecule has 0 aromatic carbocycles. The Kier molecular flexibility index (Phi) is 4.46. The molecule has 32 heavy (non-hydrogen) atoms. The predicted molar refractivity (Wildman–Crippen MR) is 119 cm³/mol. The van der Waals surface area contributed by atoms with Crippen molar-refractivity contribution in [3.8, 4) is 22.9 Å². The number of nitrogens with one attached hydrogen (secondary N) is 1. The monoisotopic (exact) mass is 449 g/mol. The number of H-pyrrole nitrogens is 1. The van der Waals surface area contributed by atoms with E-state index >= 15 is 0 Å². The molecule has 1 atom stereocenters. The van der Waals surface area contributed by atoms with Crippen molar-refractivity contribution in [3.05, 3.63) is 23.6 Å². The molecular formula is C22H23N7O2S. The molecule has 10 heteroatoms. The lowest BCUT2D eigenvalue weighted by molar-refractivity contribution is -0.128. The first-order chi connectivity index (χ1) is 15.6. The van der Waals surface area contributed by atoms with E-state index in [1.54, 1.807) is 4.68 Å². The van der Waals surface area contributed by atoms with Crippen LogP contribution in [-0.2, 0) is 23.7 Å². The third kappa shape index (κ3) is 2.78. The zero-order chi connectivity index (χ0) is 21.9. The predicted octanol–water partition coefficient (Wildman–Crippen LogP) is 3.85. The zero-order valence-electron chi connectivity index (χ0n) is 18.0. The number of carbonyl (C=O) groups excluding carboxylic acids is 1. The minimum atomic E-state index is -0.512. The fraction of sp³-hybridized carbons (Fsp3) is 0.455. The second-order valence-electron chi connectivity index (χ2n) is 8.63. The summed E-state index contributed by atoms with van der Waals surface area (Å²) in [5.74, 6) is 1.53. The van der Waals surface area contributed by atoms with Gasteiger partial charge in [-0.3, -0.25) is 14.6 Å². The summed E-state index contributed by atoms with van der Waals surface area (Å²) in [6, 6.07) is 1.93. The smallest absolute Gasteiger partial charge is 0.186 e. The van der Waals surface area contributed by atoms with Gasteiger partial charge in [-0.05, 0) is 44.4 Å². The van der Waals surface area contributed by atoms with Gasteiger partial charge < -0.3 is 4.52 Å². The van der Waals surface area contributed by atoms with Gasteiger partial charge in [0.05, 0.1) is 16.5 Å². The van der Waals surface area contributed by atoms with Gasteiger partial charge in [-0.2, -0.15) is 10.2 Å². The topological polar surface area (TPSA) is 115 Å². The number of hydrogen-bond donors (Lipinski definition) is 1. The van der Waals surface area contributed by atoms with Gasteiger partial charge >= 0.3 is 0 Å². The summed E-state index contributed by atoms with van der Waals surface area (Å²) in [7, 11) is 1.88. The third-order valence-electron chi connectivity index (χ3n) is 6.80. The van der Waals surface area contributed by atoms with E-state index in [2.05, 4.69) is 20.5 Å². The van der Waals surface area contributed by atoms with Crippen LogP contribution >= 0.6 is 11.8 Å². The molecule has 0 bridgehead atoms. The van der Waals surface area contributed by atoms with Gasteiger partial charge in [-0.1, -0.05) is 11.6 Å². The summed E-state index contributed by atoms with van der Waals surface area (Å²) < 4.78 is 7.62. The number of hydrogen-bond acceptors (Lipinski definition) is 8. The normalized spacial score (nSPS) is 20.9. The fourth-order valence-corrected chi connectivity index (χ4v) is 5.82. The Bertz CT molecular complexity index is 1350. The van der Waals surface area contributed by atoms with E-state index < -0.39 is 5.41 Å². The lowest BCUT2D eigenvalue weighted by Crippen LogP contribution is -2.41. The van der Waals surface area contributed by atoms with Crippen molar-refractivity contribution in [2.75, 3.05) is 6.26 Å². The highest BCUT2D eigenvalue weighted by atomic mass is 32.2. The summed E-state index contributed by atoms with van der Waals surface area (Å²) in [6.07, 6.45) is 9.95. The first-order valence-electron chi connectivity index (χ1n) is 10.9. The zero-order valence-corrected chi connectivity index (χ0v) is 18.8. The van der Waals surface area contributed by atoms with E-state index in [0.29, 0.717) is 29.4 Å². The summed E-state index contributed by atoms with van der Waals surface area (Å²) in [5.41, 5.74) is 3.26. The molecule has 2 aliphatic carbocycles. The number of carbonyl (C=O) groups is 1. The minimum Gasteiger partial charge on any atom is -0.359 e. The number of thioether (sulfide) groups is 1. The van der Waals surface area contributed by atoms with Crippen LogP contribution in [0.2, 0.25) is 0 Å². The first kappa shape index (κ1) is 19.7. The molecule has 0 saturated heterocycles. The van der Waals surface area contributed by atoms with Crippen LogP contribution in [0.15, 0.2) is 21.8 Å². The Morgan fingerprint density at radius 3 is 2.84 bits per heavy atom. The molecule has 164 valence electrons. The Labute approximate surface area is 188 Å². The first-order valence-corrected chi connectivity index (χ1v) is 12.2. The number of aromatic amines is 1. The maximum Gasteiger partial charge on any atom is 0.186 e. The highest BCUT2D eigenvalue weighted by Crippen LogP contribution is 2.47. The van der Waals surface area contributed by atoms with E-state index in [0.717, 1.165) is 71.6 Å². The molecule has 9 nitrogen and oxygen atoms in total. The van der Waals surface area contributed by atoms with Crippen LogP contribution in [0.5, 0.6) is 0 Å². The minimum absolute atomic E-state index is 0.292. The van der Waals surface area contributed by atoms with Crippen molar-refractivity contribution in [1.82, 2.24) is 35.1 Å². The number of ketones is 1. The van der Waals surface area contributed by atoms with Crippen molar-refractivity contribution in [3.63, 3.8) is 0 Å². The Morgan fingerprint density at radius 2 is 2.06 bits per heavy atom. The molecule has 1 N–H and O–H groups in total. The van der Waals surface area contributed by atoms with Gasteiger partial charge in [-0.15, -0.1) is 11.8 Å². The third-order valence-corrected chi connectivity index (χ3v) is 7.48. The van der Waals surface area contributed by atoms with Gasteiger partial charge in [0.15, 0.2) is 22.9 Å². The quantitative estimate of drug-likeness (QED) is 0.370. The lowest BCUT2D eigenvalue weighted by atomic mass is 9.64. The molecule has 4 aromatic rings. The number of aryl methyl sites for hydroxylation is 1. The van der Waals surface area contributed by atoms with Crippen molar-refractivity contribution in [1.29, 1.82) is 0 Å². The summed E-state index contributed by atoms with van der Waals surface area (Å²) in [6.45, 7) is 0. The molecule has 0 aliphatic heterocycles. The van der Waals surface area contributed by atoms with Crippen LogP contribution in [0.25, 0.3) is 33.9 Å². The number of fused-ring (bicyclic) bond motifs is 3. The van der Waals surface area contributed by atoms with Crippen molar-refractivity contribution in [2.45, 2.75) is 55.4 Å². The molecule has 4 aromatic heterocycles. The summed E-state index contributed by atoms with van der Waals surface area (Å²) in [5, 5.41) is 18.0. The number of nitrogens with zero attached hydrogens (tertiary/aromatic N) is 6. The maximum absolute atomic E-state index is 12.9. The Balaban J connectivity index is 1.49. The largest absolute Gasteiger partial charge is 0.359 e. The van der Waals surface area contributed by atoms with Gasteiger partial charge in [-0.25, -0.2) is 9.97 Å². The second kappa shape index (κ2) is 7.26. The molecule has 2 aliphatic rings. The van der Waals surface area contributed by atoms with E-state index in [4.69, 9.17) is 14.5 Å². The van der Waals surface area contributed by atoms with Gasteiger partial charge in [0.1, 0.15) is 16.5 Å². The average Bonchev–Trinajstić information content (AvgIpc) is 3.53. The molecule has 0 amide bonds. The van der Waals surface area contributed by atoms with Crippen LogP contribution in [0.1, 0.15) is 49.8 Å². The van der Waals surface area contributed by atoms with Crippen LogP contribution in [0.3, 0.4) is 0 Å². The number of Topliss-reactive ketones (excluding diaryl/α,β-unsaturated/α-hetero) is 1. The molecular weight excluding hydrogens is 426 g/mol. The molecule has 1 fully saturated rings. The second-order valence-corrected chi connectivity index (χ2v) is 9.43. The molecule has 6 rings (SSSR count). The number of rotatable bonds is 3. The van der Waals surface area contributed by atoms with Gasteiger partial charge in [0, 0.05) is 25.2 Å². The molecule has 1 spiro atoms. The highest BCUT2D eigenvalue weighted by molar-refractivity contribution is 7.98. The van der Waals surface area contributed by atoms with Gasteiger partial charge in [0.2, 0.25) is 0 Å². The van der Waals surface area contributed by atoms with Crippen LogP contribution < -0.4 is 0 Å². The maximum atomic E-state index is 12.9. The molecule has 0 radical (unpaired) electrons. The lowest BCUT2D eigenvalue weighted by Gasteiger charge is -2.36. The van der Waals surface area contributed by atoms with E-state index in [9.17, 15) is 4.79 Å². The summed E-state index contributed by atoms with van der Waals surface area (Å²) in [4.78, 5) is 22.5. The highest BCUT2D eigenvalue weighted by Gasteiger charge is 2.48. The van der Waals surface area contributed by atoms with E-state index in [1.807, 2.05) is 25.6 Å². The SMILES string of the molecule is CSc1nc(-c2noc3c2CCC[C@@]32CCCCC2=O)nc2n[nH]c(-c3ccn(C)n3)c12. The van der Waals surface area contributed by atoms with E-state index in [1.165, 1.54) is 11.8 Å². The Hall–Kier alpha value is -3.01. The fourth-order valence-electron chi connectivity index (χ4n) is 5.25. The van der Waals surface area contributed by atoms with Crippen LogP contribution in [-0.4, -0.2) is 47.1 Å². The van der Waals surface area contributed by atoms with Crippen molar-refractivity contribution in [2.24, 2.45) is 7.05 Å².